The average Bonchev–Trinajstić information content (AvgIpc) is 2.35. The van der Waals surface area contributed by atoms with Crippen LogP contribution < -0.4 is 5.32 Å². The van der Waals surface area contributed by atoms with Crippen molar-refractivity contribution in [1.82, 2.24) is 4.98 Å². The molecule has 92 valence electrons. The number of benzene rings is 1. The van der Waals surface area contributed by atoms with E-state index in [1.165, 1.54) is 0 Å². The Morgan fingerprint density at radius 1 is 1.39 bits per heavy atom. The number of pyridine rings is 1. The van der Waals surface area contributed by atoms with E-state index in [0.717, 1.165) is 23.1 Å². The number of hydrogen-bond donors (Lipinski definition) is 1. The van der Waals surface area contributed by atoms with Crippen molar-refractivity contribution in [2.45, 2.75) is 13.8 Å². The maximum atomic E-state index is 9.21. The molecule has 0 bridgehead atoms. The summed E-state index contributed by atoms with van der Waals surface area (Å²) in [7, 11) is 0. The van der Waals surface area contributed by atoms with Gasteiger partial charge in [-0.2, -0.15) is 5.26 Å². The molecule has 1 heterocycles. The summed E-state index contributed by atoms with van der Waals surface area (Å²) in [6.45, 7) is 5.02. The van der Waals surface area contributed by atoms with Gasteiger partial charge in [0.2, 0.25) is 0 Å². The number of rotatable bonds is 3. The third-order valence-electron chi connectivity index (χ3n) is 2.65. The van der Waals surface area contributed by atoms with Crippen molar-refractivity contribution in [2.75, 3.05) is 11.9 Å². The molecule has 1 aromatic heterocycles. The standard InChI is InChI=1S/C14H14ClN3/c1-9(2)8-17-13-10-5-3-4-6-12(10)18-14(15)11(13)7-16/h3-6,9H,8H2,1-2H3,(H,17,18). The molecular weight excluding hydrogens is 246 g/mol. The van der Waals surface area contributed by atoms with E-state index in [9.17, 15) is 5.26 Å². The highest BCUT2D eigenvalue weighted by Crippen LogP contribution is 2.30. The normalized spacial score (nSPS) is 10.6. The predicted octanol–water partition coefficient (Wildman–Crippen LogP) is 3.83. The first kappa shape index (κ1) is 12.7. The van der Waals surface area contributed by atoms with E-state index in [2.05, 4.69) is 30.2 Å². The Balaban J connectivity index is 2.62. The predicted molar refractivity (Wildman–Crippen MR) is 74.8 cm³/mol. The zero-order valence-electron chi connectivity index (χ0n) is 10.4. The van der Waals surface area contributed by atoms with Crippen LogP contribution in [-0.2, 0) is 0 Å². The fourth-order valence-electron chi connectivity index (χ4n) is 1.77. The Bertz CT molecular complexity index is 614. The minimum atomic E-state index is 0.252. The maximum Gasteiger partial charge on any atom is 0.149 e. The molecule has 1 aromatic carbocycles. The zero-order chi connectivity index (χ0) is 13.1. The number of halogens is 1. The summed E-state index contributed by atoms with van der Waals surface area (Å²) in [5, 5.41) is 13.7. The smallest absolute Gasteiger partial charge is 0.149 e. The Kier molecular flexibility index (Phi) is 3.69. The van der Waals surface area contributed by atoms with Crippen molar-refractivity contribution in [3.63, 3.8) is 0 Å². The molecule has 0 saturated carbocycles. The third-order valence-corrected chi connectivity index (χ3v) is 2.92. The number of anilines is 1. The van der Waals surface area contributed by atoms with Gasteiger partial charge in [0, 0.05) is 11.9 Å². The molecule has 0 fully saturated rings. The van der Waals surface area contributed by atoms with Crippen LogP contribution in [0.2, 0.25) is 5.15 Å². The molecule has 2 aromatic rings. The second-order valence-corrected chi connectivity index (χ2v) is 4.91. The van der Waals surface area contributed by atoms with E-state index in [-0.39, 0.29) is 5.15 Å². The van der Waals surface area contributed by atoms with Crippen molar-refractivity contribution < 1.29 is 0 Å². The van der Waals surface area contributed by atoms with Gasteiger partial charge < -0.3 is 5.32 Å². The molecule has 0 radical (unpaired) electrons. The van der Waals surface area contributed by atoms with Crippen LogP contribution in [0.1, 0.15) is 19.4 Å². The topological polar surface area (TPSA) is 48.7 Å². The van der Waals surface area contributed by atoms with Crippen LogP contribution in [0.4, 0.5) is 5.69 Å². The summed E-state index contributed by atoms with van der Waals surface area (Å²) in [4.78, 5) is 4.24. The molecule has 1 N–H and O–H groups in total. The van der Waals surface area contributed by atoms with Gasteiger partial charge in [-0.15, -0.1) is 0 Å². The highest BCUT2D eigenvalue weighted by atomic mass is 35.5. The fourth-order valence-corrected chi connectivity index (χ4v) is 2.00. The molecule has 0 atom stereocenters. The van der Waals surface area contributed by atoms with E-state index in [1.807, 2.05) is 24.3 Å². The van der Waals surface area contributed by atoms with Gasteiger partial charge in [-0.1, -0.05) is 43.6 Å². The Hall–Kier alpha value is -1.79. The maximum absolute atomic E-state index is 9.21. The summed E-state index contributed by atoms with van der Waals surface area (Å²) >= 11 is 6.05. The van der Waals surface area contributed by atoms with Crippen LogP contribution in [0.3, 0.4) is 0 Å². The average molecular weight is 260 g/mol. The van der Waals surface area contributed by atoms with Gasteiger partial charge in [0.25, 0.3) is 0 Å². The van der Waals surface area contributed by atoms with Crippen LogP contribution in [0.15, 0.2) is 24.3 Å². The summed E-state index contributed by atoms with van der Waals surface area (Å²) in [5.41, 5.74) is 1.99. The van der Waals surface area contributed by atoms with Crippen LogP contribution in [0.25, 0.3) is 10.9 Å². The quantitative estimate of drug-likeness (QED) is 0.853. The van der Waals surface area contributed by atoms with Crippen molar-refractivity contribution in [3.8, 4) is 6.07 Å². The molecule has 0 spiro atoms. The minimum Gasteiger partial charge on any atom is -0.383 e. The van der Waals surface area contributed by atoms with Gasteiger partial charge in [0.15, 0.2) is 0 Å². The van der Waals surface area contributed by atoms with Gasteiger partial charge >= 0.3 is 0 Å². The summed E-state index contributed by atoms with van der Waals surface area (Å²) in [6.07, 6.45) is 0. The molecule has 0 aliphatic carbocycles. The second kappa shape index (κ2) is 5.24. The molecule has 18 heavy (non-hydrogen) atoms. The van der Waals surface area contributed by atoms with Gasteiger partial charge in [0.1, 0.15) is 16.8 Å². The van der Waals surface area contributed by atoms with E-state index in [0.29, 0.717) is 11.5 Å². The summed E-state index contributed by atoms with van der Waals surface area (Å²) in [6, 6.07) is 9.80. The second-order valence-electron chi connectivity index (χ2n) is 4.56. The molecule has 0 amide bonds. The van der Waals surface area contributed by atoms with Crippen molar-refractivity contribution in [2.24, 2.45) is 5.92 Å². The van der Waals surface area contributed by atoms with Crippen molar-refractivity contribution in [3.05, 3.63) is 35.0 Å². The lowest BCUT2D eigenvalue weighted by atomic mass is 10.1. The summed E-state index contributed by atoms with van der Waals surface area (Å²) < 4.78 is 0. The first-order valence-corrected chi connectivity index (χ1v) is 6.23. The molecule has 0 aliphatic rings. The van der Waals surface area contributed by atoms with E-state index >= 15 is 0 Å². The van der Waals surface area contributed by atoms with Crippen molar-refractivity contribution >= 4 is 28.2 Å². The largest absolute Gasteiger partial charge is 0.383 e. The molecule has 3 nitrogen and oxygen atoms in total. The molecular formula is C14H14ClN3. The van der Waals surface area contributed by atoms with Gasteiger partial charge in [-0.3, -0.25) is 0 Å². The minimum absolute atomic E-state index is 0.252. The van der Waals surface area contributed by atoms with Crippen LogP contribution in [0.5, 0.6) is 0 Å². The SMILES string of the molecule is CC(C)CNc1c(C#N)c(Cl)nc2ccccc12. The lowest BCUT2D eigenvalue weighted by Gasteiger charge is -2.13. The van der Waals surface area contributed by atoms with E-state index in [1.54, 1.807) is 0 Å². The molecule has 4 heteroatoms. The van der Waals surface area contributed by atoms with Crippen LogP contribution >= 0.6 is 11.6 Å². The van der Waals surface area contributed by atoms with Crippen LogP contribution in [-0.4, -0.2) is 11.5 Å². The third kappa shape index (κ3) is 2.39. The highest BCUT2D eigenvalue weighted by molar-refractivity contribution is 6.31. The highest BCUT2D eigenvalue weighted by Gasteiger charge is 2.13. The molecule has 0 unspecified atom stereocenters. The van der Waals surface area contributed by atoms with Gasteiger partial charge in [0.05, 0.1) is 11.2 Å². The number of nitrogens with one attached hydrogen (secondary N) is 1. The zero-order valence-corrected chi connectivity index (χ0v) is 11.1. The van der Waals surface area contributed by atoms with Crippen molar-refractivity contribution in [1.29, 1.82) is 5.26 Å². The first-order chi connectivity index (χ1) is 8.63. The van der Waals surface area contributed by atoms with E-state index in [4.69, 9.17) is 11.6 Å². The number of hydrogen-bond acceptors (Lipinski definition) is 3. The Morgan fingerprint density at radius 2 is 2.11 bits per heavy atom. The molecule has 0 saturated heterocycles. The monoisotopic (exact) mass is 259 g/mol. The number of fused-ring (bicyclic) bond motifs is 1. The molecule has 0 aliphatic heterocycles. The van der Waals surface area contributed by atoms with Crippen LogP contribution in [0, 0.1) is 17.2 Å². The lowest BCUT2D eigenvalue weighted by Crippen LogP contribution is -2.10. The Labute approximate surface area is 111 Å². The lowest BCUT2D eigenvalue weighted by molar-refractivity contribution is 0.689. The Morgan fingerprint density at radius 3 is 2.78 bits per heavy atom. The number of aromatic nitrogens is 1. The number of para-hydroxylation sites is 1. The summed E-state index contributed by atoms with van der Waals surface area (Å²) in [5.74, 6) is 0.488. The fraction of sp³-hybridized carbons (Fsp3) is 0.286. The first-order valence-electron chi connectivity index (χ1n) is 5.85. The van der Waals surface area contributed by atoms with Gasteiger partial charge in [-0.05, 0) is 12.0 Å². The number of nitriles is 1. The van der Waals surface area contributed by atoms with E-state index < -0.39 is 0 Å². The number of nitrogens with zero attached hydrogens (tertiary/aromatic N) is 2. The molecule has 2 rings (SSSR count). The van der Waals surface area contributed by atoms with Gasteiger partial charge in [-0.25, -0.2) is 4.98 Å².